The fourth-order valence-corrected chi connectivity index (χ4v) is 2.49. The van der Waals surface area contributed by atoms with Crippen LogP contribution in [-0.2, 0) is 0 Å². The smallest absolute Gasteiger partial charge is 0.145 e. The Bertz CT molecular complexity index is 523. The third kappa shape index (κ3) is 1.36. The maximum atomic E-state index is 9.68. The van der Waals surface area contributed by atoms with Crippen LogP contribution in [0.5, 0.6) is 17.2 Å². The number of benzene rings is 2. The summed E-state index contributed by atoms with van der Waals surface area (Å²) in [5.74, 6) is 1.84. The minimum absolute atomic E-state index is 0.270. The van der Waals surface area contributed by atoms with E-state index in [0.717, 1.165) is 21.3 Å². The maximum absolute atomic E-state index is 9.68. The predicted molar refractivity (Wildman–Crippen MR) is 58.7 cm³/mol. The first-order valence-corrected chi connectivity index (χ1v) is 5.43. The van der Waals surface area contributed by atoms with E-state index in [-0.39, 0.29) is 5.75 Å². The molecule has 2 aromatic carbocycles. The summed E-state index contributed by atoms with van der Waals surface area (Å²) < 4.78 is 5.68. The molecular formula is C12H8O2S. The first kappa shape index (κ1) is 8.68. The summed E-state index contributed by atoms with van der Waals surface area (Å²) in [7, 11) is 0. The summed E-state index contributed by atoms with van der Waals surface area (Å²) in [6.07, 6.45) is 0. The fourth-order valence-electron chi connectivity index (χ4n) is 1.53. The van der Waals surface area contributed by atoms with Crippen LogP contribution < -0.4 is 4.74 Å². The molecule has 0 aliphatic carbocycles. The Morgan fingerprint density at radius 3 is 2.67 bits per heavy atom. The lowest BCUT2D eigenvalue weighted by molar-refractivity contribution is 0.424. The molecule has 2 aromatic rings. The van der Waals surface area contributed by atoms with Crippen molar-refractivity contribution < 1.29 is 9.84 Å². The van der Waals surface area contributed by atoms with Crippen molar-refractivity contribution in [2.75, 3.05) is 0 Å². The van der Waals surface area contributed by atoms with Gasteiger partial charge in [-0.1, -0.05) is 30.0 Å². The van der Waals surface area contributed by atoms with E-state index in [4.69, 9.17) is 4.74 Å². The van der Waals surface area contributed by atoms with Crippen LogP contribution in [0.3, 0.4) is 0 Å². The van der Waals surface area contributed by atoms with Crippen molar-refractivity contribution in [3.05, 3.63) is 42.5 Å². The Labute approximate surface area is 91.5 Å². The quantitative estimate of drug-likeness (QED) is 0.622. The van der Waals surface area contributed by atoms with Gasteiger partial charge in [-0.3, -0.25) is 0 Å². The number of fused-ring (bicyclic) bond motifs is 2. The SMILES string of the molecule is Oc1cccc2c1Sc1ccccc1O2. The second-order valence-electron chi connectivity index (χ2n) is 3.26. The van der Waals surface area contributed by atoms with Crippen molar-refractivity contribution in [2.24, 2.45) is 0 Å². The Morgan fingerprint density at radius 1 is 0.933 bits per heavy atom. The lowest BCUT2D eigenvalue weighted by atomic mass is 10.3. The second kappa shape index (κ2) is 3.21. The molecule has 1 heterocycles. The molecule has 1 aliphatic rings. The highest BCUT2D eigenvalue weighted by Gasteiger charge is 2.19. The van der Waals surface area contributed by atoms with Gasteiger partial charge in [0.05, 0.1) is 9.79 Å². The van der Waals surface area contributed by atoms with Gasteiger partial charge in [-0.2, -0.15) is 0 Å². The summed E-state index contributed by atoms with van der Waals surface area (Å²) >= 11 is 1.53. The number of hydrogen-bond acceptors (Lipinski definition) is 3. The van der Waals surface area contributed by atoms with Crippen LogP contribution in [0.4, 0.5) is 0 Å². The standard InChI is InChI=1S/C12H8O2S/c13-8-4-3-6-10-12(8)15-11-7-2-1-5-9(11)14-10/h1-7,13H. The number of phenols is 1. The minimum atomic E-state index is 0.270. The first-order valence-electron chi connectivity index (χ1n) is 4.61. The third-order valence-electron chi connectivity index (χ3n) is 2.24. The molecule has 0 atom stereocenters. The van der Waals surface area contributed by atoms with Crippen LogP contribution in [0.25, 0.3) is 0 Å². The second-order valence-corrected chi connectivity index (χ2v) is 4.31. The lowest BCUT2D eigenvalue weighted by Crippen LogP contribution is -1.94. The maximum Gasteiger partial charge on any atom is 0.145 e. The molecule has 0 amide bonds. The number of hydrogen-bond donors (Lipinski definition) is 1. The van der Waals surface area contributed by atoms with E-state index in [0.29, 0.717) is 0 Å². The van der Waals surface area contributed by atoms with Crippen LogP contribution in [-0.4, -0.2) is 5.11 Å². The molecule has 1 aliphatic heterocycles. The number of para-hydroxylation sites is 1. The number of rotatable bonds is 0. The lowest BCUT2D eigenvalue weighted by Gasteiger charge is -2.19. The Balaban J connectivity index is 2.15. The van der Waals surface area contributed by atoms with Gasteiger partial charge in [-0.15, -0.1) is 0 Å². The van der Waals surface area contributed by atoms with Crippen LogP contribution in [0.2, 0.25) is 0 Å². The normalized spacial score (nSPS) is 12.5. The first-order chi connectivity index (χ1) is 7.34. The molecule has 3 rings (SSSR count). The van der Waals surface area contributed by atoms with Crippen LogP contribution >= 0.6 is 11.8 Å². The van der Waals surface area contributed by atoms with Crippen molar-refractivity contribution in [3.63, 3.8) is 0 Å². The van der Waals surface area contributed by atoms with E-state index in [2.05, 4.69) is 0 Å². The summed E-state index contributed by atoms with van der Waals surface area (Å²) in [6.45, 7) is 0. The topological polar surface area (TPSA) is 29.5 Å². The highest BCUT2D eigenvalue weighted by molar-refractivity contribution is 7.99. The molecule has 1 N–H and O–H groups in total. The number of aromatic hydroxyl groups is 1. The van der Waals surface area contributed by atoms with Gasteiger partial charge >= 0.3 is 0 Å². The molecule has 0 aromatic heterocycles. The van der Waals surface area contributed by atoms with Crippen LogP contribution in [0, 0.1) is 0 Å². The Kier molecular flexibility index (Phi) is 1.86. The van der Waals surface area contributed by atoms with Crippen molar-refractivity contribution >= 4 is 11.8 Å². The summed E-state index contributed by atoms with van der Waals surface area (Å²) in [5, 5.41) is 9.68. The largest absolute Gasteiger partial charge is 0.507 e. The van der Waals surface area contributed by atoms with Crippen LogP contribution in [0.15, 0.2) is 52.3 Å². The Hall–Kier alpha value is -1.61. The van der Waals surface area contributed by atoms with Gasteiger partial charge in [0.15, 0.2) is 0 Å². The molecule has 74 valence electrons. The van der Waals surface area contributed by atoms with E-state index >= 15 is 0 Å². The van der Waals surface area contributed by atoms with Gasteiger partial charge in [-0.05, 0) is 24.3 Å². The molecule has 0 saturated carbocycles. The van der Waals surface area contributed by atoms with E-state index in [9.17, 15) is 5.11 Å². The zero-order valence-corrected chi connectivity index (χ0v) is 8.62. The van der Waals surface area contributed by atoms with E-state index in [1.165, 1.54) is 11.8 Å². The number of ether oxygens (including phenoxy) is 1. The van der Waals surface area contributed by atoms with E-state index < -0.39 is 0 Å². The highest BCUT2D eigenvalue weighted by atomic mass is 32.2. The molecule has 15 heavy (non-hydrogen) atoms. The van der Waals surface area contributed by atoms with Gasteiger partial charge in [0.1, 0.15) is 17.2 Å². The van der Waals surface area contributed by atoms with Gasteiger partial charge < -0.3 is 9.84 Å². The zero-order chi connectivity index (χ0) is 10.3. The molecular weight excluding hydrogens is 208 g/mol. The highest BCUT2D eigenvalue weighted by Crippen LogP contribution is 2.50. The minimum Gasteiger partial charge on any atom is -0.507 e. The van der Waals surface area contributed by atoms with Crippen molar-refractivity contribution in [2.45, 2.75) is 9.79 Å². The molecule has 0 saturated heterocycles. The van der Waals surface area contributed by atoms with Gasteiger partial charge in [0, 0.05) is 0 Å². The predicted octanol–water partition coefficient (Wildman–Crippen LogP) is 3.65. The third-order valence-corrected chi connectivity index (χ3v) is 3.41. The molecule has 0 bridgehead atoms. The summed E-state index contributed by atoms with van der Waals surface area (Å²) in [5.41, 5.74) is 0. The molecule has 0 radical (unpaired) electrons. The number of phenolic OH excluding ortho intramolecular Hbond substituents is 1. The van der Waals surface area contributed by atoms with Gasteiger partial charge in [0.2, 0.25) is 0 Å². The molecule has 0 fully saturated rings. The van der Waals surface area contributed by atoms with Crippen molar-refractivity contribution in [1.29, 1.82) is 0 Å². The van der Waals surface area contributed by atoms with Gasteiger partial charge in [-0.25, -0.2) is 0 Å². The van der Waals surface area contributed by atoms with Crippen LogP contribution in [0.1, 0.15) is 0 Å². The average molecular weight is 216 g/mol. The monoisotopic (exact) mass is 216 g/mol. The molecule has 0 spiro atoms. The van der Waals surface area contributed by atoms with E-state index in [1.807, 2.05) is 30.3 Å². The molecule has 3 heteroatoms. The van der Waals surface area contributed by atoms with E-state index in [1.54, 1.807) is 12.1 Å². The molecule has 2 nitrogen and oxygen atoms in total. The summed E-state index contributed by atoms with van der Waals surface area (Å²) in [4.78, 5) is 1.82. The van der Waals surface area contributed by atoms with Crippen molar-refractivity contribution in [3.8, 4) is 17.2 Å². The average Bonchev–Trinajstić information content (AvgIpc) is 2.27. The van der Waals surface area contributed by atoms with Gasteiger partial charge in [0.25, 0.3) is 0 Å². The Morgan fingerprint density at radius 2 is 1.73 bits per heavy atom. The summed E-state index contributed by atoms with van der Waals surface area (Å²) in [6, 6.07) is 13.1. The molecule has 0 unspecified atom stereocenters. The van der Waals surface area contributed by atoms with Crippen molar-refractivity contribution in [1.82, 2.24) is 0 Å². The fraction of sp³-hybridized carbons (Fsp3) is 0. The zero-order valence-electron chi connectivity index (χ0n) is 7.81.